The van der Waals surface area contributed by atoms with Crippen molar-refractivity contribution >= 4 is 11.6 Å². The molecular weight excluding hydrogens is 256 g/mol. The number of amides is 1. The number of carbonyl (C=O) groups excluding carboxylic acids is 1. The highest BCUT2D eigenvalue weighted by Gasteiger charge is 2.28. The Kier molecular flexibility index (Phi) is 4.37. The van der Waals surface area contributed by atoms with Gasteiger partial charge in [-0.1, -0.05) is 13.0 Å². The van der Waals surface area contributed by atoms with E-state index in [0.29, 0.717) is 11.1 Å². The summed E-state index contributed by atoms with van der Waals surface area (Å²) in [6, 6.07) is 4.98. The van der Waals surface area contributed by atoms with E-state index in [2.05, 4.69) is 6.92 Å². The molecule has 1 aromatic rings. The fourth-order valence-corrected chi connectivity index (χ4v) is 2.90. The quantitative estimate of drug-likeness (QED) is 0.628. The van der Waals surface area contributed by atoms with Crippen LogP contribution >= 0.6 is 0 Å². The van der Waals surface area contributed by atoms with Gasteiger partial charge >= 0.3 is 0 Å². The maximum atomic E-state index is 12.7. The lowest BCUT2D eigenvalue weighted by Gasteiger charge is -2.35. The standard InChI is InChI=1S/C15H20N2O3/c1-3-12-7-4-5-10-16(12)15(18)13-8-6-9-14(11(13)2)17(19)20/h6,8-9,12H,3-5,7,10H2,1-2H3. The molecule has 1 aliphatic rings. The Labute approximate surface area is 118 Å². The van der Waals surface area contributed by atoms with Gasteiger partial charge in [0.1, 0.15) is 0 Å². The lowest BCUT2D eigenvalue weighted by Crippen LogP contribution is -2.43. The smallest absolute Gasteiger partial charge is 0.273 e. The predicted octanol–water partition coefficient (Wildman–Crippen LogP) is 3.31. The molecule has 2 rings (SSSR count). The minimum atomic E-state index is -0.431. The zero-order valence-corrected chi connectivity index (χ0v) is 12.0. The van der Waals surface area contributed by atoms with Gasteiger partial charge in [0.2, 0.25) is 0 Å². The van der Waals surface area contributed by atoms with Crippen LogP contribution < -0.4 is 0 Å². The van der Waals surface area contributed by atoms with Crippen LogP contribution in [0, 0.1) is 17.0 Å². The molecule has 1 aromatic carbocycles. The van der Waals surface area contributed by atoms with Crippen LogP contribution in [0.5, 0.6) is 0 Å². The molecule has 0 N–H and O–H groups in total. The molecule has 5 heteroatoms. The Bertz CT molecular complexity index is 528. The Hall–Kier alpha value is -1.91. The highest BCUT2D eigenvalue weighted by atomic mass is 16.6. The summed E-state index contributed by atoms with van der Waals surface area (Å²) in [5, 5.41) is 11.0. The molecule has 0 aromatic heterocycles. The van der Waals surface area contributed by atoms with Gasteiger partial charge in [-0.05, 0) is 38.7 Å². The number of nitrogens with zero attached hydrogens (tertiary/aromatic N) is 2. The summed E-state index contributed by atoms with van der Waals surface area (Å²) >= 11 is 0. The van der Waals surface area contributed by atoms with E-state index in [1.165, 1.54) is 6.07 Å². The first kappa shape index (κ1) is 14.5. The molecule has 0 saturated carbocycles. The molecule has 1 unspecified atom stereocenters. The van der Waals surface area contributed by atoms with Crippen molar-refractivity contribution < 1.29 is 9.72 Å². The number of benzene rings is 1. The third-order valence-electron chi connectivity index (χ3n) is 4.09. The van der Waals surface area contributed by atoms with E-state index in [0.717, 1.165) is 32.2 Å². The van der Waals surface area contributed by atoms with Gasteiger partial charge in [0.15, 0.2) is 0 Å². The number of likely N-dealkylation sites (tertiary alicyclic amines) is 1. The first-order chi connectivity index (χ1) is 9.56. The van der Waals surface area contributed by atoms with Crippen LogP contribution in [-0.4, -0.2) is 28.3 Å². The summed E-state index contributed by atoms with van der Waals surface area (Å²) < 4.78 is 0. The maximum absolute atomic E-state index is 12.7. The van der Waals surface area contributed by atoms with E-state index >= 15 is 0 Å². The van der Waals surface area contributed by atoms with Gasteiger partial charge in [0, 0.05) is 29.8 Å². The Morgan fingerprint density at radius 2 is 2.20 bits per heavy atom. The normalized spacial score (nSPS) is 18.9. The minimum Gasteiger partial charge on any atom is -0.336 e. The highest BCUT2D eigenvalue weighted by Crippen LogP contribution is 2.26. The molecule has 1 heterocycles. The molecule has 1 saturated heterocycles. The van der Waals surface area contributed by atoms with Gasteiger partial charge < -0.3 is 4.90 Å². The van der Waals surface area contributed by atoms with Crippen molar-refractivity contribution in [3.05, 3.63) is 39.4 Å². The molecule has 5 nitrogen and oxygen atoms in total. The molecule has 1 amide bonds. The Morgan fingerprint density at radius 3 is 2.85 bits per heavy atom. The SMILES string of the molecule is CCC1CCCCN1C(=O)c1cccc([N+](=O)[O-])c1C. The largest absolute Gasteiger partial charge is 0.336 e. The lowest BCUT2D eigenvalue weighted by molar-refractivity contribution is -0.385. The average molecular weight is 276 g/mol. The first-order valence-electron chi connectivity index (χ1n) is 7.11. The van der Waals surface area contributed by atoms with E-state index in [1.54, 1.807) is 19.1 Å². The van der Waals surface area contributed by atoms with Gasteiger partial charge in [-0.3, -0.25) is 14.9 Å². The van der Waals surface area contributed by atoms with Gasteiger partial charge in [-0.15, -0.1) is 0 Å². The van der Waals surface area contributed by atoms with E-state index in [-0.39, 0.29) is 17.6 Å². The molecule has 1 aliphatic heterocycles. The molecule has 0 spiro atoms. The van der Waals surface area contributed by atoms with Crippen molar-refractivity contribution in [1.82, 2.24) is 4.90 Å². The van der Waals surface area contributed by atoms with Crippen LogP contribution in [0.4, 0.5) is 5.69 Å². The molecule has 0 radical (unpaired) electrons. The maximum Gasteiger partial charge on any atom is 0.273 e. The molecule has 20 heavy (non-hydrogen) atoms. The molecule has 108 valence electrons. The van der Waals surface area contributed by atoms with Crippen molar-refractivity contribution in [3.63, 3.8) is 0 Å². The number of hydrogen-bond acceptors (Lipinski definition) is 3. The second kappa shape index (κ2) is 6.03. The van der Waals surface area contributed by atoms with Gasteiger partial charge in [-0.2, -0.15) is 0 Å². The highest BCUT2D eigenvalue weighted by molar-refractivity contribution is 5.96. The first-order valence-corrected chi connectivity index (χ1v) is 7.11. The van der Waals surface area contributed by atoms with Crippen LogP contribution in [0.3, 0.4) is 0 Å². The Morgan fingerprint density at radius 1 is 1.45 bits per heavy atom. The molecule has 0 bridgehead atoms. The molecular formula is C15H20N2O3. The summed E-state index contributed by atoms with van der Waals surface area (Å²) in [5.74, 6) is -0.0715. The summed E-state index contributed by atoms with van der Waals surface area (Å²) in [4.78, 5) is 25.1. The number of hydrogen-bond donors (Lipinski definition) is 0. The average Bonchev–Trinajstić information content (AvgIpc) is 2.46. The van der Waals surface area contributed by atoms with Crippen molar-refractivity contribution in [2.75, 3.05) is 6.54 Å². The van der Waals surface area contributed by atoms with Crippen LogP contribution in [0.15, 0.2) is 18.2 Å². The van der Waals surface area contributed by atoms with Crippen LogP contribution in [0.2, 0.25) is 0 Å². The zero-order chi connectivity index (χ0) is 14.7. The van der Waals surface area contributed by atoms with Crippen molar-refractivity contribution in [1.29, 1.82) is 0 Å². The topological polar surface area (TPSA) is 63.5 Å². The number of piperidine rings is 1. The third kappa shape index (κ3) is 2.66. The number of nitro groups is 1. The third-order valence-corrected chi connectivity index (χ3v) is 4.09. The van der Waals surface area contributed by atoms with Gasteiger partial charge in [0.05, 0.1) is 4.92 Å². The van der Waals surface area contributed by atoms with Crippen molar-refractivity contribution in [2.24, 2.45) is 0 Å². The van der Waals surface area contributed by atoms with Crippen molar-refractivity contribution in [2.45, 2.75) is 45.6 Å². The van der Waals surface area contributed by atoms with Crippen molar-refractivity contribution in [3.8, 4) is 0 Å². The van der Waals surface area contributed by atoms with Crippen LogP contribution in [0.1, 0.15) is 48.5 Å². The molecule has 1 atom stereocenters. The number of carbonyl (C=O) groups is 1. The minimum absolute atomic E-state index is 0.0147. The summed E-state index contributed by atoms with van der Waals surface area (Å²) in [5.41, 5.74) is 0.934. The number of rotatable bonds is 3. The second-order valence-electron chi connectivity index (χ2n) is 5.26. The fraction of sp³-hybridized carbons (Fsp3) is 0.533. The fourth-order valence-electron chi connectivity index (χ4n) is 2.90. The Balaban J connectivity index is 2.33. The van der Waals surface area contributed by atoms with Crippen LogP contribution in [0.25, 0.3) is 0 Å². The molecule has 1 fully saturated rings. The van der Waals surface area contributed by atoms with E-state index in [9.17, 15) is 14.9 Å². The van der Waals surface area contributed by atoms with Gasteiger partial charge in [0.25, 0.3) is 11.6 Å². The van der Waals surface area contributed by atoms with E-state index in [1.807, 2.05) is 4.90 Å². The summed E-state index contributed by atoms with van der Waals surface area (Å²) in [6.07, 6.45) is 4.11. The van der Waals surface area contributed by atoms with E-state index in [4.69, 9.17) is 0 Å². The zero-order valence-electron chi connectivity index (χ0n) is 12.0. The second-order valence-corrected chi connectivity index (χ2v) is 5.26. The monoisotopic (exact) mass is 276 g/mol. The summed E-state index contributed by atoms with van der Waals surface area (Å²) in [7, 11) is 0. The summed E-state index contributed by atoms with van der Waals surface area (Å²) in [6.45, 7) is 4.48. The molecule has 0 aliphatic carbocycles. The van der Waals surface area contributed by atoms with Crippen LogP contribution in [-0.2, 0) is 0 Å². The van der Waals surface area contributed by atoms with E-state index < -0.39 is 4.92 Å². The number of nitro benzene ring substituents is 1. The predicted molar refractivity (Wildman–Crippen MR) is 76.8 cm³/mol. The van der Waals surface area contributed by atoms with Gasteiger partial charge in [-0.25, -0.2) is 0 Å². The lowest BCUT2D eigenvalue weighted by atomic mass is 9.97.